The zero-order valence-corrected chi connectivity index (χ0v) is 23.9. The molecule has 0 unspecified atom stereocenters. The summed E-state index contributed by atoms with van der Waals surface area (Å²) in [6.07, 6.45) is 4.65. The van der Waals surface area contributed by atoms with Crippen LogP contribution in [0.25, 0.3) is 22.4 Å². The highest BCUT2D eigenvalue weighted by Crippen LogP contribution is 2.45. The molecule has 1 saturated carbocycles. The van der Waals surface area contributed by atoms with Crippen LogP contribution in [0.2, 0.25) is 5.02 Å². The third-order valence-corrected chi connectivity index (χ3v) is 7.97. The number of carbonyl (C=O) groups is 2. The van der Waals surface area contributed by atoms with Crippen LogP contribution >= 0.6 is 11.6 Å². The van der Waals surface area contributed by atoms with Gasteiger partial charge in [0.25, 0.3) is 0 Å². The summed E-state index contributed by atoms with van der Waals surface area (Å²) in [6.45, 7) is 3.63. The van der Waals surface area contributed by atoms with Crippen molar-refractivity contribution in [2.75, 3.05) is 11.5 Å². The molecule has 0 bridgehead atoms. The first-order valence-corrected chi connectivity index (χ1v) is 14.3. The number of hydrogen-bond donors (Lipinski definition) is 0. The van der Waals surface area contributed by atoms with E-state index in [1.54, 1.807) is 24.0 Å². The van der Waals surface area contributed by atoms with Crippen LogP contribution in [0, 0.1) is 11.6 Å². The summed E-state index contributed by atoms with van der Waals surface area (Å²) in [7, 11) is 0. The number of amides is 1. The molecule has 1 amide bonds. The molecule has 9 heteroatoms. The van der Waals surface area contributed by atoms with Crippen LogP contribution < -0.4 is 4.90 Å². The molecule has 3 aromatic carbocycles. The highest BCUT2D eigenvalue weighted by Gasteiger charge is 2.45. The molecule has 1 aliphatic rings. The van der Waals surface area contributed by atoms with Gasteiger partial charge in [-0.3, -0.25) is 19.1 Å². The van der Waals surface area contributed by atoms with Crippen molar-refractivity contribution >= 4 is 40.2 Å². The second-order valence-electron chi connectivity index (χ2n) is 10.4. The first-order chi connectivity index (χ1) is 19.7. The maximum Gasteiger partial charge on any atom is 0.306 e. The molecule has 41 heavy (non-hydrogen) atoms. The highest BCUT2D eigenvalue weighted by atomic mass is 35.5. The minimum Gasteiger partial charge on any atom is -0.466 e. The van der Waals surface area contributed by atoms with Gasteiger partial charge in [-0.25, -0.2) is 13.8 Å². The van der Waals surface area contributed by atoms with Gasteiger partial charge in [-0.1, -0.05) is 30.2 Å². The SMILES string of the molecule is CCOC(=O)CCc1ccc(N(C(C)=O)C2(n3c(-c4ccc(Cl)cc4)nc4cc(F)c(F)cc43)CCCCC2)cc1. The van der Waals surface area contributed by atoms with Crippen molar-refractivity contribution in [2.24, 2.45) is 0 Å². The van der Waals surface area contributed by atoms with E-state index >= 15 is 0 Å². The Morgan fingerprint density at radius 2 is 1.66 bits per heavy atom. The third-order valence-electron chi connectivity index (χ3n) is 7.72. The van der Waals surface area contributed by atoms with E-state index in [2.05, 4.69) is 0 Å². The fourth-order valence-electron chi connectivity index (χ4n) is 5.96. The van der Waals surface area contributed by atoms with Gasteiger partial charge in [0.2, 0.25) is 5.91 Å². The number of carbonyl (C=O) groups excluding carboxylic acids is 2. The van der Waals surface area contributed by atoms with Crippen molar-refractivity contribution in [1.82, 2.24) is 9.55 Å². The van der Waals surface area contributed by atoms with E-state index in [1.165, 1.54) is 13.0 Å². The van der Waals surface area contributed by atoms with Crippen LogP contribution in [0.3, 0.4) is 0 Å². The summed E-state index contributed by atoms with van der Waals surface area (Å²) in [5.41, 5.74) is 2.12. The topological polar surface area (TPSA) is 64.4 Å². The monoisotopic (exact) mass is 579 g/mol. The van der Waals surface area contributed by atoms with E-state index in [4.69, 9.17) is 21.3 Å². The number of aromatic nitrogens is 2. The van der Waals surface area contributed by atoms with Gasteiger partial charge in [-0.15, -0.1) is 0 Å². The first kappa shape index (κ1) is 28.7. The molecule has 0 N–H and O–H groups in total. The number of esters is 1. The normalized spacial score (nSPS) is 14.7. The summed E-state index contributed by atoms with van der Waals surface area (Å²) < 4.78 is 36.1. The predicted molar refractivity (Wildman–Crippen MR) is 156 cm³/mol. The summed E-state index contributed by atoms with van der Waals surface area (Å²) >= 11 is 6.17. The first-order valence-electron chi connectivity index (χ1n) is 13.9. The Morgan fingerprint density at radius 3 is 2.29 bits per heavy atom. The van der Waals surface area contributed by atoms with Gasteiger partial charge in [0, 0.05) is 41.8 Å². The number of aryl methyl sites for hydroxylation is 1. The maximum absolute atomic E-state index is 14.7. The minimum absolute atomic E-state index is 0.183. The van der Waals surface area contributed by atoms with E-state index in [0.29, 0.717) is 59.0 Å². The lowest BCUT2D eigenvalue weighted by molar-refractivity contribution is -0.143. The lowest BCUT2D eigenvalue weighted by Gasteiger charge is -2.48. The summed E-state index contributed by atoms with van der Waals surface area (Å²) in [4.78, 5) is 31.9. The number of halogens is 3. The Balaban J connectivity index is 1.67. The number of nitrogens with zero attached hydrogens (tertiary/aromatic N) is 3. The zero-order valence-electron chi connectivity index (χ0n) is 23.1. The Labute approximate surface area is 242 Å². The van der Waals surface area contributed by atoms with E-state index < -0.39 is 17.3 Å². The maximum atomic E-state index is 14.7. The van der Waals surface area contributed by atoms with Crippen molar-refractivity contribution in [3.8, 4) is 11.4 Å². The Morgan fingerprint density at radius 1 is 1.00 bits per heavy atom. The molecular formula is C32H32ClF2N3O3. The van der Waals surface area contributed by atoms with Gasteiger partial charge < -0.3 is 4.74 Å². The van der Waals surface area contributed by atoms with Crippen LogP contribution in [-0.2, 0) is 26.4 Å². The van der Waals surface area contributed by atoms with Crippen LogP contribution in [0.1, 0.15) is 57.9 Å². The molecule has 214 valence electrons. The number of hydrogen-bond acceptors (Lipinski definition) is 4. The molecule has 0 spiro atoms. The molecule has 5 rings (SSSR count). The average molecular weight is 580 g/mol. The Kier molecular flexibility index (Phi) is 8.40. The van der Waals surface area contributed by atoms with Gasteiger partial charge in [-0.2, -0.15) is 0 Å². The largest absolute Gasteiger partial charge is 0.466 e. The van der Waals surface area contributed by atoms with Crippen molar-refractivity contribution in [3.05, 3.63) is 82.9 Å². The number of imidazole rings is 1. The summed E-state index contributed by atoms with van der Waals surface area (Å²) in [6, 6.07) is 17.0. The lowest BCUT2D eigenvalue weighted by atomic mass is 9.85. The molecule has 0 saturated heterocycles. The summed E-state index contributed by atoms with van der Waals surface area (Å²) in [5, 5.41) is 0.550. The van der Waals surface area contributed by atoms with Crippen molar-refractivity contribution < 1.29 is 23.1 Å². The second kappa shape index (κ2) is 12.0. The number of rotatable bonds is 8. The van der Waals surface area contributed by atoms with Crippen LogP contribution in [-0.4, -0.2) is 28.0 Å². The van der Waals surface area contributed by atoms with Crippen molar-refractivity contribution in [2.45, 2.75) is 64.5 Å². The van der Waals surface area contributed by atoms with Gasteiger partial charge in [0.05, 0.1) is 17.6 Å². The zero-order chi connectivity index (χ0) is 29.1. The second-order valence-corrected chi connectivity index (χ2v) is 10.8. The molecular weight excluding hydrogens is 548 g/mol. The molecule has 1 fully saturated rings. The van der Waals surface area contributed by atoms with E-state index in [0.717, 1.165) is 30.9 Å². The Bertz CT molecular complexity index is 1560. The van der Waals surface area contributed by atoms with Gasteiger partial charge in [0.15, 0.2) is 11.6 Å². The molecule has 6 nitrogen and oxygen atoms in total. The van der Waals surface area contributed by atoms with Gasteiger partial charge >= 0.3 is 5.97 Å². The fourth-order valence-corrected chi connectivity index (χ4v) is 6.08. The van der Waals surface area contributed by atoms with E-state index in [-0.39, 0.29) is 18.3 Å². The van der Waals surface area contributed by atoms with Gasteiger partial charge in [-0.05, 0) is 81.0 Å². The smallest absolute Gasteiger partial charge is 0.306 e. The van der Waals surface area contributed by atoms with Crippen molar-refractivity contribution in [1.29, 1.82) is 0 Å². The average Bonchev–Trinajstić information content (AvgIpc) is 3.32. The number of benzene rings is 3. The Hall–Kier alpha value is -3.78. The van der Waals surface area contributed by atoms with E-state index in [9.17, 15) is 18.4 Å². The highest BCUT2D eigenvalue weighted by molar-refractivity contribution is 6.30. The lowest BCUT2D eigenvalue weighted by Crippen LogP contribution is -2.54. The molecule has 0 radical (unpaired) electrons. The minimum atomic E-state index is -0.982. The standard InChI is InChI=1S/C32H32ClF2N3O3/c1-3-41-30(40)16-9-22-7-14-25(15-8-22)37(21(2)39)32(17-5-4-6-18-32)38-29-20-27(35)26(34)19-28(29)36-31(38)23-10-12-24(33)13-11-23/h7-8,10-15,19-20H,3-6,9,16-18H2,1-2H3. The quantitative estimate of drug-likeness (QED) is 0.200. The number of ether oxygens (including phenoxy) is 1. The predicted octanol–water partition coefficient (Wildman–Crippen LogP) is 7.80. The third kappa shape index (κ3) is 5.71. The molecule has 1 aromatic heterocycles. The number of anilines is 1. The van der Waals surface area contributed by atoms with Gasteiger partial charge in [0.1, 0.15) is 11.5 Å². The molecule has 1 heterocycles. The van der Waals surface area contributed by atoms with E-state index in [1.807, 2.05) is 41.0 Å². The van der Waals surface area contributed by atoms with Crippen molar-refractivity contribution in [3.63, 3.8) is 0 Å². The molecule has 4 aromatic rings. The fraction of sp³-hybridized carbons (Fsp3) is 0.344. The number of fused-ring (bicyclic) bond motifs is 1. The molecule has 0 atom stereocenters. The van der Waals surface area contributed by atoms with Crippen LogP contribution in [0.4, 0.5) is 14.5 Å². The van der Waals surface area contributed by atoms with Crippen LogP contribution in [0.15, 0.2) is 60.7 Å². The molecule has 1 aliphatic carbocycles. The van der Waals surface area contributed by atoms with Crippen LogP contribution in [0.5, 0.6) is 0 Å². The summed E-state index contributed by atoms with van der Waals surface area (Å²) in [5.74, 6) is -1.90. The molecule has 0 aliphatic heterocycles.